The first-order valence-electron chi connectivity index (χ1n) is 10.5. The number of benzene rings is 2. The molecule has 4 aromatic rings. The normalized spacial score (nSPS) is 10.6. The molecule has 9 nitrogen and oxygen atoms in total. The summed E-state index contributed by atoms with van der Waals surface area (Å²) in [6.07, 6.45) is 0.868. The molecule has 2 heterocycles. The van der Waals surface area contributed by atoms with E-state index in [2.05, 4.69) is 46.8 Å². The van der Waals surface area contributed by atoms with Gasteiger partial charge in [-0.25, -0.2) is 14.2 Å². The van der Waals surface area contributed by atoms with E-state index in [0.29, 0.717) is 22.3 Å². The molecule has 0 saturated heterocycles. The topological polar surface area (TPSA) is 118 Å². The Morgan fingerprint density at radius 2 is 1.74 bits per heavy atom. The molecule has 2 aromatic heterocycles. The predicted octanol–water partition coefficient (Wildman–Crippen LogP) is 4.56. The molecule has 0 aliphatic heterocycles. The van der Waals surface area contributed by atoms with Crippen molar-refractivity contribution in [1.82, 2.24) is 25.6 Å². The zero-order chi connectivity index (χ0) is 24.8. The third-order valence-corrected chi connectivity index (χ3v) is 5.45. The van der Waals surface area contributed by atoms with Gasteiger partial charge in [-0.15, -0.1) is 0 Å². The van der Waals surface area contributed by atoms with Crippen LogP contribution in [0.5, 0.6) is 5.88 Å². The maximum atomic E-state index is 13.2. The summed E-state index contributed by atoms with van der Waals surface area (Å²) in [6.45, 7) is 1.84. The maximum absolute atomic E-state index is 13.2. The highest BCUT2D eigenvalue weighted by atomic mass is 79.9. The number of hydrogen-bond acceptors (Lipinski definition) is 7. The van der Waals surface area contributed by atoms with Crippen molar-refractivity contribution in [2.45, 2.75) is 6.92 Å². The summed E-state index contributed by atoms with van der Waals surface area (Å²) >= 11 is 3.52. The van der Waals surface area contributed by atoms with E-state index in [-0.39, 0.29) is 36.6 Å². The number of pyridine rings is 1. The number of nitrogens with zero attached hydrogens (tertiary/aromatic N) is 3. The minimum Gasteiger partial charge on any atom is -0.391 e. The fourth-order valence-corrected chi connectivity index (χ4v) is 3.65. The average Bonchev–Trinajstić information content (AvgIpc) is 2.83. The van der Waals surface area contributed by atoms with Crippen LogP contribution in [0.3, 0.4) is 0 Å². The lowest BCUT2D eigenvalue weighted by molar-refractivity contribution is -0.118. The number of halogens is 2. The van der Waals surface area contributed by atoms with Gasteiger partial charge in [0.05, 0.1) is 0 Å². The molecule has 11 heteroatoms. The Morgan fingerprint density at radius 3 is 2.49 bits per heavy atom. The van der Waals surface area contributed by atoms with Crippen molar-refractivity contribution in [3.63, 3.8) is 0 Å². The number of amides is 2. The molecule has 0 radical (unpaired) electrons. The second-order valence-corrected chi connectivity index (χ2v) is 8.21. The highest BCUT2D eigenvalue weighted by Crippen LogP contribution is 2.36. The number of nitrogens with one attached hydrogen (secondary N) is 3. The Bertz CT molecular complexity index is 1380. The fraction of sp³-hybridized carbons (Fsp3) is 0.125. The number of anilines is 2. The Balaban J connectivity index is 1.65. The predicted molar refractivity (Wildman–Crippen MR) is 133 cm³/mol. The molecule has 0 unspecified atom stereocenters. The second kappa shape index (κ2) is 10.9. The van der Waals surface area contributed by atoms with Crippen LogP contribution in [-0.2, 0) is 4.79 Å². The molecule has 0 aliphatic rings. The van der Waals surface area contributed by atoms with Crippen LogP contribution >= 0.6 is 15.9 Å². The Labute approximate surface area is 208 Å². The fourth-order valence-electron chi connectivity index (χ4n) is 3.15. The minimum absolute atomic E-state index is 0.0489. The lowest BCUT2D eigenvalue weighted by atomic mass is 10.1. The first-order valence-corrected chi connectivity index (χ1v) is 11.3. The van der Waals surface area contributed by atoms with E-state index in [9.17, 15) is 14.0 Å². The van der Waals surface area contributed by atoms with Gasteiger partial charge in [0, 0.05) is 52.9 Å². The van der Waals surface area contributed by atoms with Crippen molar-refractivity contribution >= 4 is 50.6 Å². The summed E-state index contributed by atoms with van der Waals surface area (Å²) in [4.78, 5) is 36.6. The Kier molecular flexibility index (Phi) is 7.46. The number of fused-ring (bicyclic) bond motifs is 1. The van der Waals surface area contributed by atoms with Crippen molar-refractivity contribution in [2.75, 3.05) is 18.4 Å². The highest BCUT2D eigenvalue weighted by Gasteiger charge is 2.17. The summed E-state index contributed by atoms with van der Waals surface area (Å²) in [5, 5.41) is 8.78. The number of ether oxygens (including phenoxy) is 1. The van der Waals surface area contributed by atoms with Crippen molar-refractivity contribution in [2.24, 2.45) is 0 Å². The molecule has 35 heavy (non-hydrogen) atoms. The molecule has 0 spiro atoms. The van der Waals surface area contributed by atoms with Gasteiger partial charge in [0.25, 0.3) is 0 Å². The smallest absolute Gasteiger partial charge is 0.391 e. The lowest BCUT2D eigenvalue weighted by Crippen LogP contribution is -2.35. The molecule has 2 amide bonds. The molecule has 0 saturated carbocycles. The van der Waals surface area contributed by atoms with E-state index in [1.165, 1.54) is 19.1 Å². The van der Waals surface area contributed by atoms with E-state index in [1.807, 2.05) is 24.3 Å². The third-order valence-electron chi connectivity index (χ3n) is 4.76. The van der Waals surface area contributed by atoms with Gasteiger partial charge in [-0.3, -0.25) is 4.79 Å². The molecular formula is C24H20BrFN6O3. The van der Waals surface area contributed by atoms with Crippen molar-refractivity contribution in [1.29, 1.82) is 0 Å². The highest BCUT2D eigenvalue weighted by molar-refractivity contribution is 9.10. The molecule has 4 rings (SSSR count). The van der Waals surface area contributed by atoms with Gasteiger partial charge in [0.2, 0.25) is 17.7 Å². The van der Waals surface area contributed by atoms with Crippen LogP contribution in [0.1, 0.15) is 6.92 Å². The van der Waals surface area contributed by atoms with Crippen LogP contribution in [0.15, 0.2) is 65.3 Å². The summed E-state index contributed by atoms with van der Waals surface area (Å²) in [5.41, 5.74) is 2.22. The van der Waals surface area contributed by atoms with Gasteiger partial charge in [-0.1, -0.05) is 34.1 Å². The molecule has 0 aliphatic carbocycles. The summed E-state index contributed by atoms with van der Waals surface area (Å²) in [6, 6.07) is 15.0. The zero-order valence-electron chi connectivity index (χ0n) is 18.5. The number of carbonyl (C=O) groups excluding carboxylic acids is 2. The molecule has 0 bridgehead atoms. The molecule has 0 fully saturated rings. The van der Waals surface area contributed by atoms with E-state index < -0.39 is 6.09 Å². The largest absolute Gasteiger partial charge is 0.414 e. The maximum Gasteiger partial charge on any atom is 0.414 e. The quantitative estimate of drug-likeness (QED) is 0.295. The van der Waals surface area contributed by atoms with Crippen LogP contribution in [0.25, 0.3) is 22.2 Å². The molecular weight excluding hydrogens is 519 g/mol. The lowest BCUT2D eigenvalue weighted by Gasteiger charge is -2.13. The second-order valence-electron chi connectivity index (χ2n) is 7.36. The number of aromatic nitrogens is 3. The van der Waals surface area contributed by atoms with E-state index in [4.69, 9.17) is 4.74 Å². The van der Waals surface area contributed by atoms with Crippen LogP contribution < -0.4 is 20.7 Å². The molecule has 3 N–H and O–H groups in total. The van der Waals surface area contributed by atoms with Crippen molar-refractivity contribution < 1.29 is 18.7 Å². The van der Waals surface area contributed by atoms with E-state index >= 15 is 0 Å². The molecule has 2 aromatic carbocycles. The summed E-state index contributed by atoms with van der Waals surface area (Å²) < 4.78 is 19.5. The average molecular weight is 539 g/mol. The van der Waals surface area contributed by atoms with Gasteiger partial charge in [-0.2, -0.15) is 9.97 Å². The number of carbonyl (C=O) groups is 2. The minimum atomic E-state index is -0.728. The first-order chi connectivity index (χ1) is 16.9. The van der Waals surface area contributed by atoms with Gasteiger partial charge in [0.15, 0.2) is 5.65 Å². The standard InChI is InChI=1S/C24H20BrFN6O3/c1-14(33)27-10-11-28-24(34)35-22-19(18-4-2-3-5-20(18)25)12-15-13-29-23(32-21(15)31-22)30-17-8-6-16(26)7-9-17/h2-9,12-13H,10-11H2,1H3,(H,27,33)(H,28,34)(H,29,30,31,32). The van der Waals surface area contributed by atoms with Crippen LogP contribution in [0.4, 0.5) is 20.8 Å². The first kappa shape index (κ1) is 24.0. The van der Waals surface area contributed by atoms with E-state index in [1.54, 1.807) is 24.4 Å². The zero-order valence-corrected chi connectivity index (χ0v) is 20.1. The van der Waals surface area contributed by atoms with Gasteiger partial charge in [-0.05, 0) is 36.4 Å². The number of hydrogen-bond donors (Lipinski definition) is 3. The Hall–Kier alpha value is -4.12. The van der Waals surface area contributed by atoms with E-state index in [0.717, 1.165) is 10.0 Å². The van der Waals surface area contributed by atoms with Crippen LogP contribution in [0.2, 0.25) is 0 Å². The van der Waals surface area contributed by atoms with Crippen LogP contribution in [-0.4, -0.2) is 40.0 Å². The van der Waals surface area contributed by atoms with Crippen molar-refractivity contribution in [3.05, 3.63) is 71.1 Å². The van der Waals surface area contributed by atoms with Crippen molar-refractivity contribution in [3.8, 4) is 17.0 Å². The molecule has 178 valence electrons. The third kappa shape index (κ3) is 6.27. The van der Waals surface area contributed by atoms with Gasteiger partial charge in [0.1, 0.15) is 5.82 Å². The summed E-state index contributed by atoms with van der Waals surface area (Å²) in [7, 11) is 0. The SMILES string of the molecule is CC(=O)NCCNC(=O)Oc1nc2nc(Nc3ccc(F)cc3)ncc2cc1-c1ccccc1Br. The van der Waals surface area contributed by atoms with Gasteiger partial charge >= 0.3 is 6.09 Å². The summed E-state index contributed by atoms with van der Waals surface area (Å²) in [5.74, 6) is -0.255. The monoisotopic (exact) mass is 538 g/mol. The molecule has 0 atom stereocenters. The Morgan fingerprint density at radius 1 is 1.00 bits per heavy atom. The van der Waals surface area contributed by atoms with Gasteiger partial charge < -0.3 is 20.7 Å². The number of rotatable bonds is 7. The van der Waals surface area contributed by atoms with Crippen LogP contribution in [0, 0.1) is 5.82 Å².